The molecule has 0 unspecified atom stereocenters. The van der Waals surface area contributed by atoms with Gasteiger partial charge in [0, 0.05) is 47.8 Å². The Hall–Kier alpha value is -2.90. The highest BCUT2D eigenvalue weighted by Crippen LogP contribution is 2.49. The van der Waals surface area contributed by atoms with Gasteiger partial charge in [-0.05, 0) is 78.4 Å². The lowest BCUT2D eigenvalue weighted by molar-refractivity contribution is -0.118. The Morgan fingerprint density at radius 1 is 1.03 bits per heavy atom. The van der Waals surface area contributed by atoms with Gasteiger partial charge in [-0.25, -0.2) is 0 Å². The fourth-order valence-electron chi connectivity index (χ4n) is 5.64. The summed E-state index contributed by atoms with van der Waals surface area (Å²) < 4.78 is 6.43. The van der Waals surface area contributed by atoms with Gasteiger partial charge < -0.3 is 15.0 Å². The van der Waals surface area contributed by atoms with Crippen molar-refractivity contribution in [1.82, 2.24) is 4.90 Å². The van der Waals surface area contributed by atoms with Crippen molar-refractivity contribution in [3.05, 3.63) is 80.1 Å². The molecule has 6 nitrogen and oxygen atoms in total. The van der Waals surface area contributed by atoms with Crippen LogP contribution in [-0.4, -0.2) is 35.5 Å². The first-order valence-corrected chi connectivity index (χ1v) is 13.8. The largest absolute Gasteiger partial charge is 0.483 e. The molecule has 5 rings (SSSR count). The molecular weight excluding hydrogens is 556 g/mol. The van der Waals surface area contributed by atoms with Gasteiger partial charge in [-0.15, -0.1) is 0 Å². The maximum Gasteiger partial charge on any atom is 0.262 e. The topological polar surface area (TPSA) is 75.7 Å². The zero-order valence-corrected chi connectivity index (χ0v) is 23.0. The fraction of sp³-hybridized carbons (Fsp3) is 0.345. The highest BCUT2D eigenvalue weighted by Gasteiger charge is 2.42. The molecule has 0 saturated carbocycles. The molecule has 2 aromatic rings. The summed E-state index contributed by atoms with van der Waals surface area (Å²) in [5, 5.41) is 3.19. The second-order valence-electron chi connectivity index (χ2n) is 9.46. The molecule has 1 aliphatic heterocycles. The number of Topliss-reactive ketones (excluding diaryl/α,β-unsaturated/α-hetero) is 2. The molecule has 0 radical (unpaired) electrons. The minimum Gasteiger partial charge on any atom is -0.483 e. The zero-order valence-electron chi connectivity index (χ0n) is 20.6. The summed E-state index contributed by atoms with van der Waals surface area (Å²) in [5.74, 6) is 0.0468. The number of para-hydroxylation sites is 1. The molecular formula is C29H28BrClN2O4. The highest BCUT2D eigenvalue weighted by atomic mass is 79.9. The van der Waals surface area contributed by atoms with E-state index in [0.717, 1.165) is 60.3 Å². The van der Waals surface area contributed by atoms with Crippen LogP contribution in [0.25, 0.3) is 0 Å². The summed E-state index contributed by atoms with van der Waals surface area (Å²) in [6.45, 7) is 2.63. The molecule has 37 heavy (non-hydrogen) atoms. The number of rotatable bonds is 6. The number of ether oxygens (including phenoxy) is 1. The van der Waals surface area contributed by atoms with E-state index in [1.165, 1.54) is 0 Å². The Kier molecular flexibility index (Phi) is 7.54. The van der Waals surface area contributed by atoms with Gasteiger partial charge in [0.1, 0.15) is 5.75 Å². The Morgan fingerprint density at radius 3 is 2.27 bits per heavy atom. The summed E-state index contributed by atoms with van der Waals surface area (Å²) in [6.07, 6.45) is 4.38. The standard InChI is InChI=1S/C29H28BrClN2O4/c1-2-33-21-9-5-11-23(34)28(21)27(29-22(33)10-6-12-24(29)35)17-13-14-25(18(30)15-17)37-16-26(36)32-20-8-4-3-7-19(20)31/h3-4,7-8,13-15,27H,2,5-6,9-12,16H2,1H3,(H,32,36). The number of carbonyl (C=O) groups is 3. The summed E-state index contributed by atoms with van der Waals surface area (Å²) in [5.41, 5.74) is 5.08. The van der Waals surface area contributed by atoms with Crippen LogP contribution in [0.5, 0.6) is 5.75 Å². The van der Waals surface area contributed by atoms with Crippen LogP contribution in [0.1, 0.15) is 56.9 Å². The van der Waals surface area contributed by atoms with Gasteiger partial charge in [-0.3, -0.25) is 14.4 Å². The molecule has 0 fully saturated rings. The third-order valence-electron chi connectivity index (χ3n) is 7.20. The van der Waals surface area contributed by atoms with E-state index in [1.54, 1.807) is 30.3 Å². The zero-order chi connectivity index (χ0) is 26.1. The molecule has 1 heterocycles. The molecule has 2 aliphatic carbocycles. The molecule has 8 heteroatoms. The average Bonchev–Trinajstić information content (AvgIpc) is 2.88. The number of nitrogens with one attached hydrogen (secondary N) is 1. The Balaban J connectivity index is 1.43. The van der Waals surface area contributed by atoms with Crippen LogP contribution in [0, 0.1) is 0 Å². The number of halogens is 2. The van der Waals surface area contributed by atoms with E-state index in [0.29, 0.717) is 33.8 Å². The molecule has 3 aliphatic rings. The number of hydrogen-bond acceptors (Lipinski definition) is 5. The van der Waals surface area contributed by atoms with Gasteiger partial charge in [-0.2, -0.15) is 0 Å². The van der Waals surface area contributed by atoms with E-state index in [4.69, 9.17) is 16.3 Å². The van der Waals surface area contributed by atoms with Gasteiger partial charge in [0.2, 0.25) is 0 Å². The molecule has 0 saturated heterocycles. The van der Waals surface area contributed by atoms with E-state index < -0.39 is 0 Å². The number of amides is 1. The summed E-state index contributed by atoms with van der Waals surface area (Å²) in [7, 11) is 0. The second-order valence-corrected chi connectivity index (χ2v) is 10.7. The molecule has 0 aromatic heterocycles. The average molecular weight is 584 g/mol. The molecule has 0 bridgehead atoms. The predicted molar refractivity (Wildman–Crippen MR) is 147 cm³/mol. The van der Waals surface area contributed by atoms with E-state index in [9.17, 15) is 14.4 Å². The van der Waals surface area contributed by atoms with Crippen molar-refractivity contribution in [2.75, 3.05) is 18.5 Å². The monoisotopic (exact) mass is 582 g/mol. The first-order chi connectivity index (χ1) is 17.9. The smallest absolute Gasteiger partial charge is 0.262 e. The first-order valence-electron chi connectivity index (χ1n) is 12.7. The molecule has 2 aromatic carbocycles. The van der Waals surface area contributed by atoms with Crippen molar-refractivity contribution in [2.45, 2.75) is 51.4 Å². The van der Waals surface area contributed by atoms with E-state index >= 15 is 0 Å². The minimum absolute atomic E-state index is 0.127. The van der Waals surface area contributed by atoms with Crippen molar-refractivity contribution in [2.24, 2.45) is 0 Å². The second kappa shape index (κ2) is 10.8. The number of allylic oxidation sites excluding steroid dienone is 4. The van der Waals surface area contributed by atoms with Gasteiger partial charge in [0.15, 0.2) is 18.2 Å². The number of benzene rings is 2. The van der Waals surface area contributed by atoms with E-state index in [1.807, 2.05) is 12.1 Å². The van der Waals surface area contributed by atoms with Crippen molar-refractivity contribution in [3.8, 4) is 5.75 Å². The summed E-state index contributed by atoms with van der Waals surface area (Å²) in [6, 6.07) is 12.6. The van der Waals surface area contributed by atoms with Gasteiger partial charge in [0.25, 0.3) is 5.91 Å². The van der Waals surface area contributed by atoms with Crippen molar-refractivity contribution in [3.63, 3.8) is 0 Å². The molecule has 0 spiro atoms. The summed E-state index contributed by atoms with van der Waals surface area (Å²) in [4.78, 5) is 41.1. The Labute approximate surface area is 229 Å². The van der Waals surface area contributed by atoms with Crippen LogP contribution in [0.3, 0.4) is 0 Å². The van der Waals surface area contributed by atoms with Crippen LogP contribution >= 0.6 is 27.5 Å². The molecule has 192 valence electrons. The lowest BCUT2D eigenvalue weighted by Gasteiger charge is -2.43. The van der Waals surface area contributed by atoms with E-state index in [2.05, 4.69) is 33.1 Å². The quantitative estimate of drug-likeness (QED) is 0.417. The third-order valence-corrected chi connectivity index (χ3v) is 8.15. The van der Waals surface area contributed by atoms with Gasteiger partial charge >= 0.3 is 0 Å². The van der Waals surface area contributed by atoms with Crippen LogP contribution in [0.2, 0.25) is 5.02 Å². The number of nitrogens with zero attached hydrogens (tertiary/aromatic N) is 1. The minimum atomic E-state index is -0.373. The van der Waals surface area contributed by atoms with Crippen LogP contribution in [0.15, 0.2) is 69.5 Å². The number of hydrogen-bond donors (Lipinski definition) is 1. The highest BCUT2D eigenvalue weighted by molar-refractivity contribution is 9.10. The van der Waals surface area contributed by atoms with Crippen molar-refractivity contribution < 1.29 is 19.1 Å². The number of anilines is 1. The number of ketones is 2. The van der Waals surface area contributed by atoms with Crippen molar-refractivity contribution in [1.29, 1.82) is 0 Å². The fourth-order valence-corrected chi connectivity index (χ4v) is 6.33. The van der Waals surface area contributed by atoms with E-state index in [-0.39, 0.29) is 30.0 Å². The van der Waals surface area contributed by atoms with Gasteiger partial charge in [-0.1, -0.05) is 29.8 Å². The van der Waals surface area contributed by atoms with Crippen LogP contribution < -0.4 is 10.1 Å². The number of carbonyl (C=O) groups excluding carboxylic acids is 3. The van der Waals surface area contributed by atoms with Crippen LogP contribution in [0.4, 0.5) is 5.69 Å². The first kappa shape index (κ1) is 25.7. The Bertz CT molecular complexity index is 1310. The van der Waals surface area contributed by atoms with Crippen molar-refractivity contribution >= 4 is 50.7 Å². The molecule has 1 amide bonds. The Morgan fingerprint density at radius 2 is 1.68 bits per heavy atom. The van der Waals surface area contributed by atoms with Crippen LogP contribution in [-0.2, 0) is 14.4 Å². The lowest BCUT2D eigenvalue weighted by atomic mass is 9.71. The lowest BCUT2D eigenvalue weighted by Crippen LogP contribution is -2.39. The van der Waals surface area contributed by atoms with Gasteiger partial charge in [0.05, 0.1) is 15.2 Å². The SMILES string of the molecule is CCN1C2=C(C(=O)CCC2)C(c2ccc(OCC(=O)Nc3ccccc3Cl)c(Br)c2)C2=C1CCCC2=O. The third kappa shape index (κ3) is 4.99. The normalized spacial score (nSPS) is 18.1. The summed E-state index contributed by atoms with van der Waals surface area (Å²) >= 11 is 9.70. The predicted octanol–water partition coefficient (Wildman–Crippen LogP) is 6.55. The molecule has 0 atom stereocenters. The maximum atomic E-state index is 13.2. The molecule has 1 N–H and O–H groups in total. The maximum absolute atomic E-state index is 13.2.